The van der Waals surface area contributed by atoms with Gasteiger partial charge in [-0.05, 0) is 50.1 Å². The highest BCUT2D eigenvalue weighted by molar-refractivity contribution is 7.49. The Labute approximate surface area is 234 Å². The number of anilines is 1. The van der Waals surface area contributed by atoms with E-state index < -0.39 is 20.2 Å². The molecule has 2 aliphatic heterocycles. The van der Waals surface area contributed by atoms with Crippen LogP contribution in [0.5, 0.6) is 5.75 Å². The molecule has 0 aliphatic carbocycles. The lowest BCUT2D eigenvalue weighted by molar-refractivity contribution is -0.222. The van der Waals surface area contributed by atoms with Gasteiger partial charge in [-0.1, -0.05) is 12.1 Å². The molecule has 2 aliphatic rings. The topological polar surface area (TPSA) is 127 Å². The van der Waals surface area contributed by atoms with E-state index in [1.165, 1.54) is 25.1 Å². The van der Waals surface area contributed by atoms with Crippen molar-refractivity contribution in [2.24, 2.45) is 0 Å². The second-order valence-electron chi connectivity index (χ2n) is 9.36. The van der Waals surface area contributed by atoms with Crippen LogP contribution in [0.4, 0.5) is 14.5 Å². The largest absolute Gasteiger partial charge is 0.480 e. The van der Waals surface area contributed by atoms with Crippen molar-refractivity contribution in [3.05, 3.63) is 66.5 Å². The molecule has 41 heavy (non-hydrogen) atoms. The van der Waals surface area contributed by atoms with Crippen LogP contribution in [0.1, 0.15) is 38.8 Å². The number of alkyl halides is 2. The molecule has 4 heterocycles. The molecule has 11 nitrogen and oxygen atoms in total. The molecule has 2 aromatic heterocycles. The fourth-order valence-electron chi connectivity index (χ4n) is 4.58. The van der Waals surface area contributed by atoms with Crippen LogP contribution in [-0.4, -0.2) is 38.6 Å². The van der Waals surface area contributed by atoms with E-state index in [0.29, 0.717) is 11.5 Å². The third-order valence-corrected chi connectivity index (χ3v) is 7.96. The van der Waals surface area contributed by atoms with Gasteiger partial charge >= 0.3 is 14.4 Å². The summed E-state index contributed by atoms with van der Waals surface area (Å²) >= 11 is 0. The van der Waals surface area contributed by atoms with Crippen molar-refractivity contribution in [3.8, 4) is 16.9 Å². The number of imidazole rings is 1. The molecule has 0 unspecified atom stereocenters. The molecule has 2 aromatic carbocycles. The molecule has 6 rings (SSSR count). The average molecular weight is 588 g/mol. The van der Waals surface area contributed by atoms with E-state index in [4.69, 9.17) is 13.6 Å². The summed E-state index contributed by atoms with van der Waals surface area (Å²) in [5.74, 6) is -0.0340. The molecule has 1 saturated heterocycles. The number of phosphoric acid groups is 1. The predicted octanol–water partition coefficient (Wildman–Crippen LogP) is 6.05. The molecule has 1 N–H and O–H groups in total. The number of aryl methyl sites for hydroxylation is 2. The van der Waals surface area contributed by atoms with Crippen LogP contribution in [0, 0.1) is 0 Å². The van der Waals surface area contributed by atoms with Crippen molar-refractivity contribution in [1.82, 2.24) is 19.5 Å². The molecule has 1 fully saturated rings. The van der Waals surface area contributed by atoms with Crippen LogP contribution in [0.3, 0.4) is 0 Å². The number of amides is 1. The molecule has 0 spiro atoms. The Morgan fingerprint density at radius 1 is 1.17 bits per heavy atom. The molecule has 1 amide bonds. The Bertz CT molecular complexity index is 1600. The van der Waals surface area contributed by atoms with Gasteiger partial charge in [0.25, 0.3) is 0 Å². The van der Waals surface area contributed by atoms with E-state index in [1.54, 1.807) is 32.3 Å². The maximum Gasteiger partial charge on any atom is 0.480 e. The Hall–Kier alpha value is -3.77. The van der Waals surface area contributed by atoms with Gasteiger partial charge in [-0.3, -0.25) is 9.32 Å². The van der Waals surface area contributed by atoms with Crippen LogP contribution in [0.2, 0.25) is 0 Å². The normalized spacial score (nSPS) is 21.1. The Balaban J connectivity index is 0.000000205. The zero-order valence-corrected chi connectivity index (χ0v) is 23.4. The third-order valence-electron chi connectivity index (χ3n) is 6.24. The maximum atomic E-state index is 12.0. The number of hydrogen-bond acceptors (Lipinski definition) is 9. The molecule has 0 bridgehead atoms. The summed E-state index contributed by atoms with van der Waals surface area (Å²) < 4.78 is 57.8. The summed E-state index contributed by atoms with van der Waals surface area (Å²) in [6.07, 6.45) is 5.61. The molecule has 14 heteroatoms. The molecule has 216 valence electrons. The van der Waals surface area contributed by atoms with Gasteiger partial charge in [0.1, 0.15) is 11.6 Å². The third kappa shape index (κ3) is 6.43. The zero-order chi connectivity index (χ0) is 29.2. The summed E-state index contributed by atoms with van der Waals surface area (Å²) in [6, 6.07) is 12.0. The molecule has 0 saturated carbocycles. The highest BCUT2D eigenvalue weighted by Crippen LogP contribution is 2.67. The van der Waals surface area contributed by atoms with E-state index in [2.05, 4.69) is 35.6 Å². The van der Waals surface area contributed by atoms with Gasteiger partial charge in [-0.15, -0.1) is 0 Å². The van der Waals surface area contributed by atoms with E-state index in [9.17, 15) is 18.1 Å². The van der Waals surface area contributed by atoms with Crippen LogP contribution in [-0.2, 0) is 41.7 Å². The van der Waals surface area contributed by atoms with Gasteiger partial charge in [0.05, 0.1) is 17.6 Å². The maximum absolute atomic E-state index is 12.0. The number of fused-ring (bicyclic) bond motifs is 3. The van der Waals surface area contributed by atoms with E-state index in [-0.39, 0.29) is 18.3 Å². The quantitative estimate of drug-likeness (QED) is 0.257. The molecular weight excluding hydrogens is 559 g/mol. The van der Waals surface area contributed by atoms with Crippen molar-refractivity contribution in [1.29, 1.82) is 0 Å². The number of carbonyl (C=O) groups is 1. The molecule has 0 radical (unpaired) electrons. The minimum absolute atomic E-state index is 0.0197. The minimum Gasteiger partial charge on any atom is -0.435 e. The lowest BCUT2D eigenvalue weighted by atomic mass is 10.1. The monoisotopic (exact) mass is 587 g/mol. The molecular formula is C27H28F2N5O6P. The van der Waals surface area contributed by atoms with Crippen molar-refractivity contribution >= 4 is 30.5 Å². The standard InChI is InChI=1S/C18H19N4O4P.C9H9F2NO2/c1-3-24-27(23)25-18(2,26-27)17-19-10-13(11-20-17)12-6-7-14-15(9-12)22-8-4-5-16(22)21-14;1-6(13)12-7-3-2-4-8(5-7)14-9(10)11/h6-7,9-11H,3-5,8H2,1-2H3;2-5,9H,1H3,(H,12,13). The van der Waals surface area contributed by atoms with Crippen LogP contribution in [0.25, 0.3) is 22.2 Å². The second-order valence-corrected chi connectivity index (χ2v) is 10.9. The summed E-state index contributed by atoms with van der Waals surface area (Å²) in [5, 5.41) is 2.45. The number of nitrogens with zero attached hydrogens (tertiary/aromatic N) is 4. The number of phosphoric ester groups is 1. The fourth-order valence-corrected chi connectivity index (χ4v) is 6.03. The van der Waals surface area contributed by atoms with Crippen LogP contribution in [0.15, 0.2) is 54.9 Å². The van der Waals surface area contributed by atoms with E-state index in [1.807, 2.05) is 12.1 Å². The summed E-state index contributed by atoms with van der Waals surface area (Å²) in [6.45, 7) is 3.08. The van der Waals surface area contributed by atoms with Gasteiger partial charge in [0.15, 0.2) is 5.82 Å². The summed E-state index contributed by atoms with van der Waals surface area (Å²) in [4.78, 5) is 24.0. The van der Waals surface area contributed by atoms with Crippen molar-refractivity contribution in [3.63, 3.8) is 0 Å². The smallest absolute Gasteiger partial charge is 0.435 e. The second kappa shape index (κ2) is 11.6. The molecule has 4 aromatic rings. The van der Waals surface area contributed by atoms with Gasteiger partial charge < -0.3 is 14.6 Å². The first-order valence-corrected chi connectivity index (χ1v) is 14.3. The number of rotatable bonds is 7. The lowest BCUT2D eigenvalue weighted by Gasteiger charge is -2.40. The number of nitrogens with one attached hydrogen (secondary N) is 1. The average Bonchev–Trinajstić information content (AvgIpc) is 3.49. The van der Waals surface area contributed by atoms with Gasteiger partial charge in [-0.2, -0.15) is 8.78 Å². The minimum atomic E-state index is -3.47. The Morgan fingerprint density at radius 2 is 1.93 bits per heavy atom. The number of hydrogen-bond donors (Lipinski definition) is 1. The van der Waals surface area contributed by atoms with E-state index in [0.717, 1.165) is 47.4 Å². The number of ether oxygens (including phenoxy) is 1. The summed E-state index contributed by atoms with van der Waals surface area (Å²) in [5.41, 5.74) is 4.48. The first-order chi connectivity index (χ1) is 19.6. The number of halogens is 2. The van der Waals surface area contributed by atoms with Gasteiger partial charge in [-0.25, -0.2) is 28.6 Å². The number of benzene rings is 2. The van der Waals surface area contributed by atoms with Gasteiger partial charge in [0, 0.05) is 49.6 Å². The Morgan fingerprint density at radius 3 is 2.61 bits per heavy atom. The van der Waals surface area contributed by atoms with Crippen molar-refractivity contribution in [2.45, 2.75) is 52.6 Å². The fraction of sp³-hybridized carbons (Fsp3) is 0.333. The Kier molecular flexibility index (Phi) is 8.14. The zero-order valence-electron chi connectivity index (χ0n) is 22.5. The first-order valence-electron chi connectivity index (χ1n) is 12.9. The summed E-state index contributed by atoms with van der Waals surface area (Å²) in [7, 11) is -3.47. The van der Waals surface area contributed by atoms with E-state index >= 15 is 0 Å². The predicted molar refractivity (Wildman–Crippen MR) is 145 cm³/mol. The highest BCUT2D eigenvalue weighted by Gasteiger charge is 2.57. The number of carbonyl (C=O) groups excluding carboxylic acids is 1. The number of aromatic nitrogens is 4. The van der Waals surface area contributed by atoms with Gasteiger partial charge in [0.2, 0.25) is 11.7 Å². The van der Waals surface area contributed by atoms with Crippen LogP contribution < -0.4 is 10.1 Å². The first kappa shape index (κ1) is 28.7. The lowest BCUT2D eigenvalue weighted by Crippen LogP contribution is -2.39. The highest BCUT2D eigenvalue weighted by atomic mass is 31.2. The van der Waals surface area contributed by atoms with Crippen molar-refractivity contribution in [2.75, 3.05) is 11.9 Å². The SMILES string of the molecule is CC(=O)Nc1cccc(OC(F)F)c1.CCOP1(=O)OC(C)(c2ncc(-c3ccc4nc5n(c4c3)CCC5)cn2)O1. The van der Waals surface area contributed by atoms with Crippen molar-refractivity contribution < 1.29 is 36.4 Å². The molecule has 0 atom stereocenters. The van der Waals surface area contributed by atoms with Crippen LogP contribution >= 0.6 is 7.82 Å².